The van der Waals surface area contributed by atoms with E-state index in [4.69, 9.17) is 9.15 Å². The Balaban J connectivity index is 1.68. The highest BCUT2D eigenvalue weighted by molar-refractivity contribution is 5.70. The van der Waals surface area contributed by atoms with E-state index in [-0.39, 0.29) is 11.4 Å². The van der Waals surface area contributed by atoms with Crippen LogP contribution in [0.4, 0.5) is 0 Å². The van der Waals surface area contributed by atoms with Gasteiger partial charge in [-0.3, -0.25) is 4.79 Å². The molecule has 4 rings (SSSR count). The predicted octanol–water partition coefficient (Wildman–Crippen LogP) is 5.34. The summed E-state index contributed by atoms with van der Waals surface area (Å²) >= 11 is 0. The SMILES string of the molecule is COC(=O)CC1(C)CCCC2(C)C3Cc4occc4C(C)C3CCC12. The van der Waals surface area contributed by atoms with Gasteiger partial charge >= 0.3 is 5.97 Å². The van der Waals surface area contributed by atoms with Gasteiger partial charge in [0, 0.05) is 6.42 Å². The van der Waals surface area contributed by atoms with Crippen molar-refractivity contribution in [1.29, 1.82) is 0 Å². The molecule has 3 heteroatoms. The summed E-state index contributed by atoms with van der Waals surface area (Å²) in [6.45, 7) is 7.26. The number of hydrogen-bond donors (Lipinski definition) is 0. The van der Waals surface area contributed by atoms with E-state index in [2.05, 4.69) is 26.8 Å². The molecule has 2 saturated carbocycles. The second kappa shape index (κ2) is 5.89. The van der Waals surface area contributed by atoms with Crippen molar-refractivity contribution in [2.75, 3.05) is 7.11 Å². The lowest BCUT2D eigenvalue weighted by molar-refractivity contribution is -0.153. The smallest absolute Gasteiger partial charge is 0.306 e. The van der Waals surface area contributed by atoms with Crippen LogP contribution in [-0.4, -0.2) is 13.1 Å². The topological polar surface area (TPSA) is 39.4 Å². The molecule has 138 valence electrons. The van der Waals surface area contributed by atoms with Gasteiger partial charge in [0.25, 0.3) is 0 Å². The molecule has 25 heavy (non-hydrogen) atoms. The molecule has 0 N–H and O–H groups in total. The molecular weight excluding hydrogens is 312 g/mol. The van der Waals surface area contributed by atoms with Crippen molar-refractivity contribution in [3.63, 3.8) is 0 Å². The third-order valence-electron chi connectivity index (χ3n) is 8.35. The number of ether oxygens (including phenoxy) is 1. The Morgan fingerprint density at radius 3 is 2.88 bits per heavy atom. The third-order valence-corrected chi connectivity index (χ3v) is 8.35. The van der Waals surface area contributed by atoms with Crippen molar-refractivity contribution < 1.29 is 13.9 Å². The Hall–Kier alpha value is -1.25. The Kier molecular flexibility index (Phi) is 4.05. The molecule has 0 aliphatic heterocycles. The predicted molar refractivity (Wildman–Crippen MR) is 97.2 cm³/mol. The standard InChI is InChI=1S/C22H32O3/c1-14-15-6-7-19-21(2,13-20(23)24-4)9-5-10-22(19,3)17(15)12-18-16(14)8-11-25-18/h8,11,14-15,17,19H,5-7,9-10,12-13H2,1-4H3. The fraction of sp³-hybridized carbons (Fsp3) is 0.773. The van der Waals surface area contributed by atoms with Gasteiger partial charge in [-0.1, -0.05) is 27.2 Å². The van der Waals surface area contributed by atoms with E-state index in [9.17, 15) is 4.79 Å². The summed E-state index contributed by atoms with van der Waals surface area (Å²) in [6, 6.07) is 2.19. The number of methoxy groups -OCH3 is 1. The maximum atomic E-state index is 12.1. The molecule has 0 amide bonds. The summed E-state index contributed by atoms with van der Waals surface area (Å²) in [5.74, 6) is 3.82. The van der Waals surface area contributed by atoms with Gasteiger partial charge in [-0.2, -0.15) is 0 Å². The molecule has 6 unspecified atom stereocenters. The van der Waals surface area contributed by atoms with Gasteiger partial charge < -0.3 is 9.15 Å². The lowest BCUT2D eigenvalue weighted by Gasteiger charge is -2.61. The normalized spacial score (nSPS) is 42.9. The molecule has 0 spiro atoms. The van der Waals surface area contributed by atoms with Gasteiger partial charge in [-0.25, -0.2) is 0 Å². The zero-order valence-corrected chi connectivity index (χ0v) is 16.1. The highest BCUT2D eigenvalue weighted by Gasteiger charge is 2.58. The van der Waals surface area contributed by atoms with Gasteiger partial charge in [0.1, 0.15) is 5.76 Å². The van der Waals surface area contributed by atoms with Crippen molar-refractivity contribution >= 4 is 5.97 Å². The summed E-state index contributed by atoms with van der Waals surface area (Å²) in [6.07, 6.45) is 9.74. The molecule has 1 aromatic rings. The molecule has 0 saturated heterocycles. The summed E-state index contributed by atoms with van der Waals surface area (Å²) in [4.78, 5) is 12.1. The van der Waals surface area contributed by atoms with Gasteiger partial charge in [-0.05, 0) is 71.8 Å². The van der Waals surface area contributed by atoms with E-state index in [1.807, 2.05) is 6.26 Å². The van der Waals surface area contributed by atoms with Crippen molar-refractivity contribution in [1.82, 2.24) is 0 Å². The second-order valence-electron chi connectivity index (χ2n) is 9.46. The fourth-order valence-electron chi connectivity index (χ4n) is 7.14. The van der Waals surface area contributed by atoms with Crippen LogP contribution in [0.1, 0.15) is 76.5 Å². The molecule has 0 aromatic carbocycles. The maximum absolute atomic E-state index is 12.1. The lowest BCUT2D eigenvalue weighted by atomic mass is 9.43. The Bertz CT molecular complexity index is 662. The minimum absolute atomic E-state index is 0.0424. The van der Waals surface area contributed by atoms with E-state index in [0.717, 1.165) is 18.8 Å². The number of carbonyl (C=O) groups is 1. The largest absolute Gasteiger partial charge is 0.469 e. The van der Waals surface area contributed by atoms with Gasteiger partial charge in [-0.15, -0.1) is 0 Å². The molecule has 2 fully saturated rings. The summed E-state index contributed by atoms with van der Waals surface area (Å²) < 4.78 is 10.9. The number of esters is 1. The average molecular weight is 344 g/mol. The Morgan fingerprint density at radius 1 is 1.32 bits per heavy atom. The zero-order chi connectivity index (χ0) is 17.8. The second-order valence-corrected chi connectivity index (χ2v) is 9.46. The van der Waals surface area contributed by atoms with Crippen LogP contribution in [0.15, 0.2) is 16.7 Å². The van der Waals surface area contributed by atoms with Crippen LogP contribution in [0.25, 0.3) is 0 Å². The van der Waals surface area contributed by atoms with E-state index in [1.165, 1.54) is 44.1 Å². The Morgan fingerprint density at radius 2 is 2.12 bits per heavy atom. The fourth-order valence-corrected chi connectivity index (χ4v) is 7.14. The van der Waals surface area contributed by atoms with Crippen LogP contribution < -0.4 is 0 Å². The molecule has 6 atom stereocenters. The zero-order valence-electron chi connectivity index (χ0n) is 16.1. The first kappa shape index (κ1) is 17.2. The maximum Gasteiger partial charge on any atom is 0.306 e. The number of furan rings is 1. The number of rotatable bonds is 2. The van der Waals surface area contributed by atoms with Crippen molar-refractivity contribution in [3.05, 3.63) is 23.7 Å². The molecule has 1 aromatic heterocycles. The van der Waals surface area contributed by atoms with Crippen molar-refractivity contribution in [2.45, 2.75) is 71.6 Å². The third kappa shape index (κ3) is 2.49. The van der Waals surface area contributed by atoms with Crippen LogP contribution in [0, 0.1) is 28.6 Å². The molecular formula is C22H32O3. The van der Waals surface area contributed by atoms with Crippen LogP contribution in [0.2, 0.25) is 0 Å². The van der Waals surface area contributed by atoms with Crippen LogP contribution in [0.5, 0.6) is 0 Å². The monoisotopic (exact) mass is 344 g/mol. The Labute approximate surface area is 151 Å². The van der Waals surface area contributed by atoms with E-state index >= 15 is 0 Å². The summed E-state index contributed by atoms with van der Waals surface area (Å²) in [5.41, 5.74) is 1.83. The quantitative estimate of drug-likeness (QED) is 0.680. The molecule has 0 radical (unpaired) electrons. The van der Waals surface area contributed by atoms with E-state index in [0.29, 0.717) is 29.6 Å². The first-order valence-corrected chi connectivity index (χ1v) is 10.0. The minimum Gasteiger partial charge on any atom is -0.469 e. The molecule has 3 aliphatic carbocycles. The van der Waals surface area contributed by atoms with Crippen LogP contribution in [0.3, 0.4) is 0 Å². The average Bonchev–Trinajstić information content (AvgIpc) is 3.04. The van der Waals surface area contributed by atoms with Gasteiger partial charge in [0.15, 0.2) is 0 Å². The van der Waals surface area contributed by atoms with Crippen molar-refractivity contribution in [2.24, 2.45) is 28.6 Å². The molecule has 3 nitrogen and oxygen atoms in total. The van der Waals surface area contributed by atoms with E-state index in [1.54, 1.807) is 0 Å². The van der Waals surface area contributed by atoms with E-state index < -0.39 is 0 Å². The van der Waals surface area contributed by atoms with Crippen LogP contribution >= 0.6 is 0 Å². The lowest BCUT2D eigenvalue weighted by Crippen LogP contribution is -2.55. The molecule has 3 aliphatic rings. The highest BCUT2D eigenvalue weighted by Crippen LogP contribution is 2.65. The van der Waals surface area contributed by atoms with Crippen molar-refractivity contribution in [3.8, 4) is 0 Å². The first-order chi connectivity index (χ1) is 11.9. The van der Waals surface area contributed by atoms with Gasteiger partial charge in [0.05, 0.1) is 19.8 Å². The first-order valence-electron chi connectivity index (χ1n) is 10.0. The molecule has 1 heterocycles. The minimum atomic E-state index is -0.0424. The summed E-state index contributed by atoms with van der Waals surface area (Å²) in [5, 5.41) is 0. The number of carbonyl (C=O) groups excluding carboxylic acids is 1. The molecule has 0 bridgehead atoms. The summed E-state index contributed by atoms with van der Waals surface area (Å²) in [7, 11) is 1.52. The van der Waals surface area contributed by atoms with Gasteiger partial charge in [0.2, 0.25) is 0 Å². The van der Waals surface area contributed by atoms with Crippen LogP contribution in [-0.2, 0) is 16.0 Å². The highest BCUT2D eigenvalue weighted by atomic mass is 16.5. The number of hydrogen-bond acceptors (Lipinski definition) is 3. The number of fused-ring (bicyclic) bond motifs is 4.